The van der Waals surface area contributed by atoms with Crippen molar-refractivity contribution in [2.75, 3.05) is 0 Å². The van der Waals surface area contributed by atoms with Crippen molar-refractivity contribution >= 4 is 17.5 Å². The summed E-state index contributed by atoms with van der Waals surface area (Å²) in [7, 11) is 0. The van der Waals surface area contributed by atoms with E-state index in [-0.39, 0.29) is 18.0 Å². The quantitative estimate of drug-likeness (QED) is 0.753. The van der Waals surface area contributed by atoms with Gasteiger partial charge in [0.2, 0.25) is 5.91 Å². The van der Waals surface area contributed by atoms with Gasteiger partial charge in [-0.2, -0.15) is 5.10 Å². The maximum atomic E-state index is 12.2. The van der Waals surface area contributed by atoms with Crippen molar-refractivity contribution in [3.05, 3.63) is 87.2 Å². The fourth-order valence-corrected chi connectivity index (χ4v) is 2.80. The Balaban J connectivity index is 1.74. The Bertz CT molecular complexity index is 998. The minimum Gasteiger partial charge on any atom is -0.350 e. The van der Waals surface area contributed by atoms with E-state index in [0.29, 0.717) is 17.3 Å². The summed E-state index contributed by atoms with van der Waals surface area (Å²) in [5.74, 6) is -0.304. The van der Waals surface area contributed by atoms with Crippen LogP contribution in [0.1, 0.15) is 11.1 Å². The number of hydrogen-bond donors (Lipinski definition) is 1. The molecule has 2 aromatic carbocycles. The second-order valence-corrected chi connectivity index (χ2v) is 6.30. The van der Waals surface area contributed by atoms with Crippen molar-refractivity contribution in [1.82, 2.24) is 15.1 Å². The van der Waals surface area contributed by atoms with Crippen LogP contribution >= 0.6 is 11.6 Å². The van der Waals surface area contributed by atoms with E-state index < -0.39 is 0 Å². The average molecular weight is 368 g/mol. The molecule has 0 spiro atoms. The van der Waals surface area contributed by atoms with Gasteiger partial charge in [0, 0.05) is 23.2 Å². The topological polar surface area (TPSA) is 64.0 Å². The van der Waals surface area contributed by atoms with Crippen LogP contribution in [0.15, 0.2) is 65.5 Å². The third kappa shape index (κ3) is 4.18. The number of benzene rings is 2. The van der Waals surface area contributed by atoms with Gasteiger partial charge in [0.15, 0.2) is 0 Å². The predicted octanol–water partition coefficient (Wildman–Crippen LogP) is 3.19. The molecule has 1 amide bonds. The first-order valence-electron chi connectivity index (χ1n) is 8.19. The van der Waals surface area contributed by atoms with Crippen LogP contribution in [0.3, 0.4) is 0 Å². The normalized spacial score (nSPS) is 10.5. The van der Waals surface area contributed by atoms with Crippen molar-refractivity contribution in [3.8, 4) is 11.3 Å². The number of carbonyl (C=O) groups excluding carboxylic acids is 1. The van der Waals surface area contributed by atoms with E-state index in [0.717, 1.165) is 16.7 Å². The highest BCUT2D eigenvalue weighted by Crippen LogP contribution is 2.19. The third-order valence-corrected chi connectivity index (χ3v) is 4.38. The number of nitrogens with zero attached hydrogens (tertiary/aromatic N) is 2. The number of carbonyl (C=O) groups is 1. The number of amides is 1. The molecule has 3 rings (SSSR count). The molecule has 0 aliphatic heterocycles. The molecule has 0 radical (unpaired) electrons. The Labute approximate surface area is 156 Å². The lowest BCUT2D eigenvalue weighted by molar-refractivity contribution is -0.122. The van der Waals surface area contributed by atoms with Crippen molar-refractivity contribution in [3.63, 3.8) is 0 Å². The molecule has 0 fully saturated rings. The van der Waals surface area contributed by atoms with E-state index in [1.54, 1.807) is 12.1 Å². The third-order valence-electron chi connectivity index (χ3n) is 4.01. The van der Waals surface area contributed by atoms with Crippen LogP contribution in [0.5, 0.6) is 0 Å². The zero-order chi connectivity index (χ0) is 18.5. The van der Waals surface area contributed by atoms with Crippen molar-refractivity contribution < 1.29 is 4.79 Å². The van der Waals surface area contributed by atoms with Crippen molar-refractivity contribution in [2.45, 2.75) is 20.0 Å². The highest BCUT2D eigenvalue weighted by Gasteiger charge is 2.09. The minimum absolute atomic E-state index is 0.150. The number of hydrogen-bond acceptors (Lipinski definition) is 3. The standard InChI is InChI=1S/C20H18ClN3O2/c1-14-6-2-4-8-16(14)18-10-11-20(26)24(23-18)13-19(25)22-12-15-7-3-5-9-17(15)21/h2-11H,12-13H2,1H3,(H,22,25). The van der Waals surface area contributed by atoms with E-state index in [1.807, 2.05) is 49.4 Å². The van der Waals surface area contributed by atoms with E-state index in [4.69, 9.17) is 11.6 Å². The average Bonchev–Trinajstić information content (AvgIpc) is 2.63. The number of aromatic nitrogens is 2. The molecule has 5 nitrogen and oxygen atoms in total. The zero-order valence-corrected chi connectivity index (χ0v) is 15.0. The summed E-state index contributed by atoms with van der Waals surface area (Å²) >= 11 is 6.08. The molecule has 0 saturated carbocycles. The van der Waals surface area contributed by atoms with Crippen LogP contribution in [0.25, 0.3) is 11.3 Å². The molecule has 0 aliphatic carbocycles. The minimum atomic E-state index is -0.324. The summed E-state index contributed by atoms with van der Waals surface area (Å²) in [6, 6.07) is 18.1. The molecule has 0 aliphatic rings. The Morgan fingerprint density at radius 1 is 1.08 bits per heavy atom. The molecule has 1 aromatic heterocycles. The Kier molecular flexibility index (Phi) is 5.49. The van der Waals surface area contributed by atoms with E-state index >= 15 is 0 Å². The first-order chi connectivity index (χ1) is 12.5. The summed E-state index contributed by atoms with van der Waals surface area (Å²) in [5, 5.41) is 7.68. The van der Waals surface area contributed by atoms with Crippen LogP contribution in [0, 0.1) is 6.92 Å². The van der Waals surface area contributed by atoms with Gasteiger partial charge in [0.05, 0.1) is 5.69 Å². The summed E-state index contributed by atoms with van der Waals surface area (Å²) in [6.45, 7) is 2.12. The Hall–Kier alpha value is -2.92. The maximum absolute atomic E-state index is 12.2. The van der Waals surface area contributed by atoms with Crippen molar-refractivity contribution in [1.29, 1.82) is 0 Å². The molecular formula is C20H18ClN3O2. The Morgan fingerprint density at radius 2 is 1.81 bits per heavy atom. The number of rotatable bonds is 5. The molecule has 3 aromatic rings. The SMILES string of the molecule is Cc1ccccc1-c1ccc(=O)n(CC(=O)NCc2ccccc2Cl)n1. The molecule has 1 N–H and O–H groups in total. The highest BCUT2D eigenvalue weighted by atomic mass is 35.5. The van der Waals surface area contributed by atoms with Crippen LogP contribution in [-0.4, -0.2) is 15.7 Å². The van der Waals surface area contributed by atoms with Crippen LogP contribution < -0.4 is 10.9 Å². The molecule has 132 valence electrons. The smallest absolute Gasteiger partial charge is 0.267 e. The van der Waals surface area contributed by atoms with Gasteiger partial charge in [0.25, 0.3) is 5.56 Å². The molecule has 0 atom stereocenters. The summed E-state index contributed by atoms with van der Waals surface area (Å²) in [4.78, 5) is 24.3. The lowest BCUT2D eigenvalue weighted by atomic mass is 10.1. The molecule has 6 heteroatoms. The number of aryl methyl sites for hydroxylation is 1. The number of nitrogens with one attached hydrogen (secondary N) is 1. The predicted molar refractivity (Wildman–Crippen MR) is 102 cm³/mol. The summed E-state index contributed by atoms with van der Waals surface area (Å²) in [6.07, 6.45) is 0. The first kappa shape index (κ1) is 17.9. The molecule has 0 bridgehead atoms. The lowest BCUT2D eigenvalue weighted by Crippen LogP contribution is -2.33. The molecule has 26 heavy (non-hydrogen) atoms. The number of halogens is 1. The fourth-order valence-electron chi connectivity index (χ4n) is 2.59. The second kappa shape index (κ2) is 7.97. The van der Waals surface area contributed by atoms with Gasteiger partial charge in [-0.25, -0.2) is 4.68 Å². The van der Waals surface area contributed by atoms with Crippen LogP contribution in [-0.2, 0) is 17.9 Å². The molecule has 0 saturated heterocycles. The first-order valence-corrected chi connectivity index (χ1v) is 8.56. The van der Waals surface area contributed by atoms with Gasteiger partial charge in [-0.3, -0.25) is 9.59 Å². The zero-order valence-electron chi connectivity index (χ0n) is 14.3. The molecule has 0 unspecified atom stereocenters. The van der Waals surface area contributed by atoms with Gasteiger partial charge in [0.1, 0.15) is 6.54 Å². The monoisotopic (exact) mass is 367 g/mol. The molecule has 1 heterocycles. The molecular weight excluding hydrogens is 350 g/mol. The van der Waals surface area contributed by atoms with Gasteiger partial charge in [-0.1, -0.05) is 54.1 Å². The second-order valence-electron chi connectivity index (χ2n) is 5.90. The van der Waals surface area contributed by atoms with Crippen LogP contribution in [0.2, 0.25) is 5.02 Å². The van der Waals surface area contributed by atoms with Crippen molar-refractivity contribution in [2.24, 2.45) is 0 Å². The van der Waals surface area contributed by atoms with Gasteiger partial charge in [-0.15, -0.1) is 0 Å². The largest absolute Gasteiger partial charge is 0.350 e. The van der Waals surface area contributed by atoms with Gasteiger partial charge in [-0.05, 0) is 30.2 Å². The van der Waals surface area contributed by atoms with E-state index in [2.05, 4.69) is 10.4 Å². The van der Waals surface area contributed by atoms with Crippen LogP contribution in [0.4, 0.5) is 0 Å². The Morgan fingerprint density at radius 3 is 2.58 bits per heavy atom. The van der Waals surface area contributed by atoms with Gasteiger partial charge >= 0.3 is 0 Å². The van der Waals surface area contributed by atoms with E-state index in [9.17, 15) is 9.59 Å². The fraction of sp³-hybridized carbons (Fsp3) is 0.150. The van der Waals surface area contributed by atoms with E-state index in [1.165, 1.54) is 10.7 Å². The lowest BCUT2D eigenvalue weighted by Gasteiger charge is -2.10. The maximum Gasteiger partial charge on any atom is 0.267 e. The van der Waals surface area contributed by atoms with Gasteiger partial charge < -0.3 is 5.32 Å². The summed E-state index contributed by atoms with van der Waals surface area (Å²) < 4.78 is 1.17. The summed E-state index contributed by atoms with van der Waals surface area (Å²) in [5.41, 5.74) is 3.12. The highest BCUT2D eigenvalue weighted by molar-refractivity contribution is 6.31.